The summed E-state index contributed by atoms with van der Waals surface area (Å²) in [5, 5.41) is 8.62. The molecule has 3 N–H and O–H groups in total. The molecule has 1 fully saturated rings. The summed E-state index contributed by atoms with van der Waals surface area (Å²) in [4.78, 5) is 31.4. The molecule has 0 aliphatic heterocycles. The Labute approximate surface area is 281 Å². The number of carbonyl (C=O) groups is 2. The first-order valence-electron chi connectivity index (χ1n) is 16.7. The van der Waals surface area contributed by atoms with Crippen LogP contribution in [0.3, 0.4) is 0 Å². The third-order valence-corrected chi connectivity index (χ3v) is 9.38. The van der Waals surface area contributed by atoms with E-state index in [-0.39, 0.29) is 18.9 Å². The van der Waals surface area contributed by atoms with Crippen LogP contribution in [0.2, 0.25) is 0 Å². The van der Waals surface area contributed by atoms with Gasteiger partial charge in [-0.3, -0.25) is 20.6 Å². The Morgan fingerprint density at radius 2 is 1.65 bits per heavy atom. The number of nitrogens with zero attached hydrogens (tertiary/aromatic N) is 4. The molecule has 12 heteroatoms. The lowest BCUT2D eigenvalue weighted by molar-refractivity contribution is -0.148. The van der Waals surface area contributed by atoms with Crippen LogP contribution in [0.4, 0.5) is 5.95 Å². The number of benzene rings is 2. The predicted molar refractivity (Wildman–Crippen MR) is 185 cm³/mol. The molecule has 0 saturated heterocycles. The average molecular weight is 661 g/mol. The molecule has 1 amide bonds. The highest BCUT2D eigenvalue weighted by atomic mass is 16.6. The summed E-state index contributed by atoms with van der Waals surface area (Å²) in [6.45, 7) is 8.35. The molecule has 0 spiro atoms. The molecule has 48 heavy (non-hydrogen) atoms. The molecule has 2 heterocycles. The average Bonchev–Trinajstić information content (AvgIpc) is 3.65. The number of aromatic nitrogens is 4. The number of hydrogen-bond donors (Lipinski definition) is 2. The van der Waals surface area contributed by atoms with Crippen molar-refractivity contribution in [1.82, 2.24) is 19.3 Å². The molecule has 0 radical (unpaired) electrons. The number of ether oxygens (including phenoxy) is 4. The maximum absolute atomic E-state index is 14.1. The van der Waals surface area contributed by atoms with E-state index in [1.165, 1.54) is 32.1 Å². The van der Waals surface area contributed by atoms with Gasteiger partial charge in [0.2, 0.25) is 5.95 Å². The smallest absolute Gasteiger partial charge is 0.309 e. The molecule has 5 rings (SSSR count). The number of amides is 1. The SMILES string of the molecule is COc1cc(-c2nc(NC(=O)c3cc4c(C)c(C)c(OC)cc4n3CCC(=O)OC(C)N)nn2CCC2CCCCC2)c(OC)cc1C. The summed E-state index contributed by atoms with van der Waals surface area (Å²) in [7, 11) is 4.87. The molecule has 258 valence electrons. The van der Waals surface area contributed by atoms with Gasteiger partial charge in [0.1, 0.15) is 29.2 Å². The Morgan fingerprint density at radius 3 is 2.31 bits per heavy atom. The van der Waals surface area contributed by atoms with Crippen molar-refractivity contribution >= 4 is 28.7 Å². The van der Waals surface area contributed by atoms with E-state index in [4.69, 9.17) is 34.8 Å². The van der Waals surface area contributed by atoms with Crippen LogP contribution in [-0.2, 0) is 22.6 Å². The number of nitrogens with one attached hydrogen (secondary N) is 1. The van der Waals surface area contributed by atoms with Crippen LogP contribution in [0.15, 0.2) is 24.3 Å². The summed E-state index contributed by atoms with van der Waals surface area (Å²) in [5.41, 5.74) is 10.4. The van der Waals surface area contributed by atoms with Gasteiger partial charge in [-0.1, -0.05) is 32.1 Å². The number of anilines is 1. The number of esters is 1. The minimum absolute atomic E-state index is 0.0219. The van der Waals surface area contributed by atoms with Crippen LogP contribution in [-0.4, -0.2) is 58.8 Å². The summed E-state index contributed by atoms with van der Waals surface area (Å²) in [5.74, 6) is 2.52. The first kappa shape index (κ1) is 34.7. The van der Waals surface area contributed by atoms with Crippen molar-refractivity contribution in [3.05, 3.63) is 46.6 Å². The Balaban J connectivity index is 1.53. The molecule has 2 aromatic carbocycles. The summed E-state index contributed by atoms with van der Waals surface area (Å²) >= 11 is 0. The minimum atomic E-state index is -0.729. The lowest BCUT2D eigenvalue weighted by atomic mass is 9.87. The topological polar surface area (TPSA) is 145 Å². The van der Waals surface area contributed by atoms with Gasteiger partial charge in [-0.2, -0.15) is 4.98 Å². The standard InChI is InChI=1S/C36H48N6O6/c1-21-17-32(47-7)27(19-30(21)45-5)34-38-36(40-42(34)16-13-25-11-9-8-10-12-25)39-35(44)29-18-26-22(2)23(3)31(46-6)20-28(26)41(29)15-14-33(43)48-24(4)37/h17-20,24-25H,8-16,37H2,1-7H3,(H,39,40,44). The summed E-state index contributed by atoms with van der Waals surface area (Å²) < 4.78 is 25.9. The van der Waals surface area contributed by atoms with Crippen LogP contribution < -0.4 is 25.3 Å². The zero-order valence-corrected chi connectivity index (χ0v) is 29.1. The first-order chi connectivity index (χ1) is 23.0. The van der Waals surface area contributed by atoms with Crippen molar-refractivity contribution in [2.75, 3.05) is 26.6 Å². The number of rotatable bonds is 13. The highest BCUT2D eigenvalue weighted by Crippen LogP contribution is 2.37. The first-order valence-corrected chi connectivity index (χ1v) is 16.7. The van der Waals surface area contributed by atoms with Gasteiger partial charge in [-0.25, -0.2) is 4.68 Å². The molecule has 0 bridgehead atoms. The lowest BCUT2D eigenvalue weighted by Crippen LogP contribution is -2.24. The maximum Gasteiger partial charge on any atom is 0.309 e. The van der Waals surface area contributed by atoms with Gasteiger partial charge in [0.05, 0.1) is 38.8 Å². The van der Waals surface area contributed by atoms with Gasteiger partial charge in [0.15, 0.2) is 5.82 Å². The van der Waals surface area contributed by atoms with Gasteiger partial charge in [-0.05, 0) is 74.9 Å². The van der Waals surface area contributed by atoms with Crippen molar-refractivity contribution < 1.29 is 28.5 Å². The van der Waals surface area contributed by atoms with E-state index >= 15 is 0 Å². The van der Waals surface area contributed by atoms with Crippen molar-refractivity contribution in [3.63, 3.8) is 0 Å². The lowest BCUT2D eigenvalue weighted by Gasteiger charge is -2.21. The Kier molecular flexibility index (Phi) is 10.9. The Hall–Kier alpha value is -4.58. The van der Waals surface area contributed by atoms with Gasteiger partial charge in [0.25, 0.3) is 5.91 Å². The second-order valence-corrected chi connectivity index (χ2v) is 12.6. The second-order valence-electron chi connectivity index (χ2n) is 12.6. The molecule has 1 aliphatic carbocycles. The van der Waals surface area contributed by atoms with E-state index in [1.54, 1.807) is 32.8 Å². The fourth-order valence-electron chi connectivity index (χ4n) is 6.67. The third-order valence-electron chi connectivity index (χ3n) is 9.38. The van der Waals surface area contributed by atoms with Crippen LogP contribution >= 0.6 is 0 Å². The van der Waals surface area contributed by atoms with Crippen molar-refractivity contribution in [3.8, 4) is 28.6 Å². The van der Waals surface area contributed by atoms with Gasteiger partial charge >= 0.3 is 5.97 Å². The number of methoxy groups -OCH3 is 3. The fraction of sp³-hybridized carbons (Fsp3) is 0.500. The number of hydrogen-bond acceptors (Lipinski definition) is 9. The Morgan fingerprint density at radius 1 is 0.938 bits per heavy atom. The number of aryl methyl sites for hydroxylation is 4. The van der Waals surface area contributed by atoms with Gasteiger partial charge in [0, 0.05) is 24.5 Å². The molecule has 1 unspecified atom stereocenters. The zero-order chi connectivity index (χ0) is 34.5. The van der Waals surface area contributed by atoms with Crippen LogP contribution in [0.5, 0.6) is 17.2 Å². The van der Waals surface area contributed by atoms with Gasteiger partial charge in [-0.15, -0.1) is 5.10 Å². The van der Waals surface area contributed by atoms with E-state index in [9.17, 15) is 9.59 Å². The largest absolute Gasteiger partial charge is 0.496 e. The molecule has 4 aromatic rings. The van der Waals surface area contributed by atoms with E-state index in [1.807, 2.05) is 49.7 Å². The van der Waals surface area contributed by atoms with Crippen LogP contribution in [0.25, 0.3) is 22.3 Å². The van der Waals surface area contributed by atoms with E-state index < -0.39 is 18.1 Å². The highest BCUT2D eigenvalue weighted by Gasteiger charge is 2.24. The van der Waals surface area contributed by atoms with E-state index in [0.717, 1.165) is 39.6 Å². The van der Waals surface area contributed by atoms with E-state index in [0.29, 0.717) is 41.2 Å². The minimum Gasteiger partial charge on any atom is -0.496 e. The maximum atomic E-state index is 14.1. The van der Waals surface area contributed by atoms with Crippen LogP contribution in [0.1, 0.15) is 79.0 Å². The third kappa shape index (κ3) is 7.43. The normalized spacial score (nSPS) is 14.2. The highest BCUT2D eigenvalue weighted by molar-refractivity contribution is 6.06. The van der Waals surface area contributed by atoms with Crippen molar-refractivity contribution in [2.24, 2.45) is 11.7 Å². The summed E-state index contributed by atoms with van der Waals surface area (Å²) in [6.07, 6.45) is 6.46. The summed E-state index contributed by atoms with van der Waals surface area (Å²) in [6, 6.07) is 7.54. The predicted octanol–water partition coefficient (Wildman–Crippen LogP) is 6.31. The van der Waals surface area contributed by atoms with Crippen molar-refractivity contribution in [2.45, 2.75) is 92.0 Å². The molecular weight excluding hydrogens is 612 g/mol. The Bertz CT molecular complexity index is 1790. The zero-order valence-electron chi connectivity index (χ0n) is 29.1. The second kappa shape index (κ2) is 15.1. The number of nitrogens with two attached hydrogens (primary N) is 1. The van der Waals surface area contributed by atoms with Gasteiger partial charge < -0.3 is 23.5 Å². The molecule has 1 saturated carbocycles. The number of carbonyl (C=O) groups excluding carboxylic acids is 2. The number of fused-ring (bicyclic) bond motifs is 1. The molecule has 12 nitrogen and oxygen atoms in total. The molecule has 1 aliphatic rings. The molecule has 1 atom stereocenters. The molecule has 2 aromatic heterocycles. The van der Waals surface area contributed by atoms with Crippen molar-refractivity contribution in [1.29, 1.82) is 0 Å². The quantitative estimate of drug-likeness (QED) is 0.124. The fourth-order valence-corrected chi connectivity index (χ4v) is 6.67. The molecular formula is C36H48N6O6. The van der Waals surface area contributed by atoms with Crippen LogP contribution in [0, 0.1) is 26.7 Å². The van der Waals surface area contributed by atoms with E-state index in [2.05, 4.69) is 5.32 Å². The monoisotopic (exact) mass is 660 g/mol.